The molecule has 2 heterocycles. The SMILES string of the molecule is COC(CN)C(=O)N1CCN(C(=O)c2cccs2)CC1.Cl. The first-order chi connectivity index (χ1) is 9.67. The minimum Gasteiger partial charge on any atom is -0.370 e. The van der Waals surface area contributed by atoms with Crippen molar-refractivity contribution in [2.75, 3.05) is 39.8 Å². The average molecular weight is 334 g/mol. The molecule has 0 aromatic carbocycles. The lowest BCUT2D eigenvalue weighted by Crippen LogP contribution is -2.54. The van der Waals surface area contributed by atoms with Gasteiger partial charge in [-0.3, -0.25) is 9.59 Å². The summed E-state index contributed by atoms with van der Waals surface area (Å²) in [6, 6.07) is 3.68. The molecular formula is C13H20ClN3O3S. The van der Waals surface area contributed by atoms with E-state index in [0.29, 0.717) is 26.2 Å². The molecule has 0 spiro atoms. The summed E-state index contributed by atoms with van der Waals surface area (Å²) >= 11 is 1.44. The lowest BCUT2D eigenvalue weighted by molar-refractivity contribution is -0.142. The average Bonchev–Trinajstić information content (AvgIpc) is 3.02. The lowest BCUT2D eigenvalue weighted by Gasteiger charge is -2.35. The third-order valence-electron chi connectivity index (χ3n) is 3.38. The summed E-state index contributed by atoms with van der Waals surface area (Å²) in [5, 5.41) is 1.89. The molecule has 1 unspecified atom stereocenters. The Labute approximate surface area is 134 Å². The van der Waals surface area contributed by atoms with E-state index in [4.69, 9.17) is 10.5 Å². The monoisotopic (exact) mass is 333 g/mol. The van der Waals surface area contributed by atoms with Gasteiger partial charge in [0.1, 0.15) is 6.10 Å². The summed E-state index contributed by atoms with van der Waals surface area (Å²) in [7, 11) is 1.48. The van der Waals surface area contributed by atoms with Gasteiger partial charge in [-0.15, -0.1) is 23.7 Å². The van der Waals surface area contributed by atoms with Gasteiger partial charge in [-0.1, -0.05) is 6.07 Å². The van der Waals surface area contributed by atoms with Crippen LogP contribution in [0.25, 0.3) is 0 Å². The van der Waals surface area contributed by atoms with E-state index in [-0.39, 0.29) is 30.8 Å². The topological polar surface area (TPSA) is 75.9 Å². The molecule has 1 aromatic heterocycles. The highest BCUT2D eigenvalue weighted by atomic mass is 35.5. The number of ether oxygens (including phenoxy) is 1. The molecule has 1 saturated heterocycles. The number of rotatable bonds is 4. The fraction of sp³-hybridized carbons (Fsp3) is 0.538. The third kappa shape index (κ3) is 4.16. The van der Waals surface area contributed by atoms with Crippen LogP contribution in [0.3, 0.4) is 0 Å². The number of amides is 2. The number of hydrogen-bond acceptors (Lipinski definition) is 5. The second-order valence-corrected chi connectivity index (χ2v) is 5.50. The Morgan fingerprint density at radius 2 is 1.95 bits per heavy atom. The smallest absolute Gasteiger partial charge is 0.264 e. The van der Waals surface area contributed by atoms with Gasteiger partial charge in [0.2, 0.25) is 0 Å². The number of nitrogens with two attached hydrogens (primary N) is 1. The summed E-state index contributed by atoms with van der Waals surface area (Å²) in [6.07, 6.45) is -0.588. The molecule has 1 aromatic rings. The zero-order valence-electron chi connectivity index (χ0n) is 11.9. The minimum absolute atomic E-state index is 0. The van der Waals surface area contributed by atoms with Crippen LogP contribution in [0.1, 0.15) is 9.67 Å². The van der Waals surface area contributed by atoms with Crippen LogP contribution in [-0.4, -0.2) is 67.6 Å². The van der Waals surface area contributed by atoms with Gasteiger partial charge in [-0.25, -0.2) is 0 Å². The summed E-state index contributed by atoms with van der Waals surface area (Å²) in [5.74, 6) is -0.0626. The maximum absolute atomic E-state index is 12.2. The molecule has 21 heavy (non-hydrogen) atoms. The Hall–Kier alpha value is -1.15. The number of thiophene rings is 1. The Morgan fingerprint density at radius 1 is 1.33 bits per heavy atom. The number of halogens is 1. The van der Waals surface area contributed by atoms with Crippen LogP contribution in [0.5, 0.6) is 0 Å². The summed E-state index contributed by atoms with van der Waals surface area (Å²) < 4.78 is 5.05. The maximum Gasteiger partial charge on any atom is 0.264 e. The number of carbonyl (C=O) groups is 2. The van der Waals surface area contributed by atoms with Gasteiger partial charge >= 0.3 is 0 Å². The molecule has 6 nitrogen and oxygen atoms in total. The largest absolute Gasteiger partial charge is 0.370 e. The van der Waals surface area contributed by atoms with E-state index in [2.05, 4.69) is 0 Å². The van der Waals surface area contributed by atoms with E-state index < -0.39 is 6.10 Å². The molecule has 0 aliphatic carbocycles. The number of piperazine rings is 1. The van der Waals surface area contributed by atoms with E-state index in [1.165, 1.54) is 18.4 Å². The first-order valence-electron chi connectivity index (χ1n) is 6.51. The van der Waals surface area contributed by atoms with Crippen molar-refractivity contribution in [1.29, 1.82) is 0 Å². The normalized spacial score (nSPS) is 16.3. The molecule has 2 N–H and O–H groups in total. The fourth-order valence-electron chi connectivity index (χ4n) is 2.19. The van der Waals surface area contributed by atoms with Crippen molar-refractivity contribution >= 4 is 35.6 Å². The predicted molar refractivity (Wildman–Crippen MR) is 83.9 cm³/mol. The van der Waals surface area contributed by atoms with Crippen molar-refractivity contribution in [2.45, 2.75) is 6.10 Å². The standard InChI is InChI=1S/C13H19N3O3S.ClH/c1-19-10(9-14)12(17)15-4-6-16(7-5-15)13(18)11-3-2-8-20-11;/h2-3,8,10H,4-7,9,14H2,1H3;1H. The summed E-state index contributed by atoms with van der Waals surface area (Å²) in [5.41, 5.74) is 5.49. The van der Waals surface area contributed by atoms with Crippen LogP contribution in [0, 0.1) is 0 Å². The van der Waals surface area contributed by atoms with E-state index >= 15 is 0 Å². The number of nitrogens with zero attached hydrogens (tertiary/aromatic N) is 2. The molecule has 2 amide bonds. The zero-order valence-corrected chi connectivity index (χ0v) is 13.5. The van der Waals surface area contributed by atoms with Gasteiger partial charge in [0.05, 0.1) is 4.88 Å². The molecule has 1 aliphatic rings. The van der Waals surface area contributed by atoms with Gasteiger partial charge in [-0.05, 0) is 11.4 Å². The third-order valence-corrected chi connectivity index (χ3v) is 4.24. The highest BCUT2D eigenvalue weighted by Gasteiger charge is 2.28. The summed E-state index contributed by atoms with van der Waals surface area (Å²) in [4.78, 5) is 28.5. The zero-order chi connectivity index (χ0) is 14.5. The van der Waals surface area contributed by atoms with Crippen molar-refractivity contribution in [3.05, 3.63) is 22.4 Å². The molecular weight excluding hydrogens is 314 g/mol. The number of hydrogen-bond donors (Lipinski definition) is 1. The van der Waals surface area contributed by atoms with E-state index in [1.807, 2.05) is 17.5 Å². The number of methoxy groups -OCH3 is 1. The molecule has 1 aliphatic heterocycles. The fourth-order valence-corrected chi connectivity index (χ4v) is 2.88. The van der Waals surface area contributed by atoms with Crippen LogP contribution in [0.4, 0.5) is 0 Å². The molecule has 118 valence electrons. The van der Waals surface area contributed by atoms with Crippen molar-refractivity contribution in [3.63, 3.8) is 0 Å². The van der Waals surface area contributed by atoms with E-state index in [1.54, 1.807) is 9.80 Å². The summed E-state index contributed by atoms with van der Waals surface area (Å²) in [6.45, 7) is 2.31. The van der Waals surface area contributed by atoms with Crippen LogP contribution in [0.2, 0.25) is 0 Å². The van der Waals surface area contributed by atoms with Crippen LogP contribution >= 0.6 is 23.7 Å². The van der Waals surface area contributed by atoms with Gasteiger partial charge in [0.25, 0.3) is 11.8 Å². The molecule has 2 rings (SSSR count). The van der Waals surface area contributed by atoms with Crippen LogP contribution in [0.15, 0.2) is 17.5 Å². The van der Waals surface area contributed by atoms with Crippen molar-refractivity contribution in [3.8, 4) is 0 Å². The Morgan fingerprint density at radius 3 is 2.43 bits per heavy atom. The van der Waals surface area contributed by atoms with Gasteiger partial charge in [0.15, 0.2) is 0 Å². The molecule has 0 bridgehead atoms. The second-order valence-electron chi connectivity index (χ2n) is 4.55. The maximum atomic E-state index is 12.2. The first-order valence-corrected chi connectivity index (χ1v) is 7.39. The van der Waals surface area contributed by atoms with Crippen LogP contribution in [-0.2, 0) is 9.53 Å². The highest BCUT2D eigenvalue weighted by Crippen LogP contribution is 2.14. The number of carbonyl (C=O) groups excluding carboxylic acids is 2. The molecule has 8 heteroatoms. The predicted octanol–water partition coefficient (Wildman–Crippen LogP) is 0.428. The highest BCUT2D eigenvalue weighted by molar-refractivity contribution is 7.12. The van der Waals surface area contributed by atoms with Gasteiger partial charge in [0, 0.05) is 39.8 Å². The molecule has 1 fully saturated rings. The van der Waals surface area contributed by atoms with Crippen molar-refractivity contribution in [1.82, 2.24) is 9.80 Å². The lowest BCUT2D eigenvalue weighted by atomic mass is 10.2. The van der Waals surface area contributed by atoms with Crippen LogP contribution < -0.4 is 5.73 Å². The van der Waals surface area contributed by atoms with Gasteiger partial charge in [-0.2, -0.15) is 0 Å². The van der Waals surface area contributed by atoms with E-state index in [0.717, 1.165) is 4.88 Å². The first kappa shape index (κ1) is 17.9. The Balaban J connectivity index is 0.00000220. The van der Waals surface area contributed by atoms with Gasteiger partial charge < -0.3 is 20.3 Å². The molecule has 0 radical (unpaired) electrons. The quantitative estimate of drug-likeness (QED) is 0.867. The van der Waals surface area contributed by atoms with E-state index in [9.17, 15) is 9.59 Å². The van der Waals surface area contributed by atoms with Crippen molar-refractivity contribution < 1.29 is 14.3 Å². The Kier molecular flexibility index (Phi) is 7.10. The Bertz CT molecular complexity index is 457. The van der Waals surface area contributed by atoms with Crippen molar-refractivity contribution in [2.24, 2.45) is 5.73 Å². The minimum atomic E-state index is -0.588. The molecule has 0 saturated carbocycles. The second kappa shape index (κ2) is 8.33. The molecule has 1 atom stereocenters.